The van der Waals surface area contributed by atoms with Gasteiger partial charge in [-0.1, -0.05) is 73.1 Å². The van der Waals surface area contributed by atoms with Crippen molar-refractivity contribution in [3.05, 3.63) is 69.7 Å². The van der Waals surface area contributed by atoms with Gasteiger partial charge in [-0.15, -0.1) is 0 Å². The average Bonchev–Trinajstić information content (AvgIpc) is 2.74. The molecule has 1 atom stereocenters. The molecule has 2 aromatic carbocycles. The molecule has 0 aliphatic heterocycles. The van der Waals surface area contributed by atoms with E-state index in [4.69, 9.17) is 0 Å². The summed E-state index contributed by atoms with van der Waals surface area (Å²) in [5.41, 5.74) is 3.42. The van der Waals surface area contributed by atoms with Crippen molar-refractivity contribution in [2.24, 2.45) is 5.92 Å². The van der Waals surface area contributed by atoms with Crippen LogP contribution in [0.25, 0.3) is 0 Å². The molecule has 4 nitrogen and oxygen atoms in total. The van der Waals surface area contributed by atoms with Crippen LogP contribution in [0.4, 0.5) is 0 Å². The van der Waals surface area contributed by atoms with Crippen molar-refractivity contribution in [3.8, 4) is 0 Å². The standard InChI is InChI=1S/C25H33BrN2O2/c1-5-20-9-11-21(12-10-20)13-14-24(29)28(17-22-7-6-8-23(26)15-22)19(4)25(30)27-16-18(2)3/h6-12,15,18-19H,5,13-14,16-17H2,1-4H3,(H,27,30). The molecule has 5 heteroatoms. The Labute approximate surface area is 189 Å². The average molecular weight is 473 g/mol. The minimum absolute atomic E-state index is 0.0123. The summed E-state index contributed by atoms with van der Waals surface area (Å²) in [6, 6.07) is 15.7. The maximum Gasteiger partial charge on any atom is 0.242 e. The second kappa shape index (κ2) is 11.9. The molecule has 0 aromatic heterocycles. The third kappa shape index (κ3) is 7.60. The van der Waals surface area contributed by atoms with Gasteiger partial charge in [-0.2, -0.15) is 0 Å². The van der Waals surface area contributed by atoms with Gasteiger partial charge in [0.25, 0.3) is 0 Å². The van der Waals surface area contributed by atoms with Crippen LogP contribution in [-0.4, -0.2) is 29.3 Å². The van der Waals surface area contributed by atoms with Crippen LogP contribution in [0.3, 0.4) is 0 Å². The first-order valence-corrected chi connectivity index (χ1v) is 11.5. The van der Waals surface area contributed by atoms with Crippen LogP contribution in [0.5, 0.6) is 0 Å². The largest absolute Gasteiger partial charge is 0.354 e. The van der Waals surface area contributed by atoms with Crippen LogP contribution in [0, 0.1) is 5.92 Å². The monoisotopic (exact) mass is 472 g/mol. The zero-order valence-corrected chi connectivity index (χ0v) is 20.0. The van der Waals surface area contributed by atoms with Crippen molar-refractivity contribution in [1.29, 1.82) is 0 Å². The SMILES string of the molecule is CCc1ccc(CCC(=O)N(Cc2cccc(Br)c2)C(C)C(=O)NCC(C)C)cc1. The van der Waals surface area contributed by atoms with E-state index in [0.717, 1.165) is 22.0 Å². The number of benzene rings is 2. The Morgan fingerprint density at radius 2 is 1.67 bits per heavy atom. The number of halogens is 1. The summed E-state index contributed by atoms with van der Waals surface area (Å²) in [6.45, 7) is 9.05. The summed E-state index contributed by atoms with van der Waals surface area (Å²) in [5.74, 6) is 0.238. The quantitative estimate of drug-likeness (QED) is 0.520. The maximum atomic E-state index is 13.1. The molecule has 0 saturated carbocycles. The van der Waals surface area contributed by atoms with Crippen LogP contribution in [0.1, 0.15) is 50.8 Å². The lowest BCUT2D eigenvalue weighted by atomic mass is 10.0. The molecule has 1 N–H and O–H groups in total. The van der Waals surface area contributed by atoms with Crippen molar-refractivity contribution >= 4 is 27.7 Å². The van der Waals surface area contributed by atoms with Crippen LogP contribution >= 0.6 is 15.9 Å². The van der Waals surface area contributed by atoms with Gasteiger partial charge in [0.15, 0.2) is 0 Å². The molecular formula is C25H33BrN2O2. The lowest BCUT2D eigenvalue weighted by Crippen LogP contribution is -2.48. The second-order valence-corrected chi connectivity index (χ2v) is 9.05. The fourth-order valence-electron chi connectivity index (χ4n) is 3.20. The predicted octanol–water partition coefficient (Wildman–Crippen LogP) is 5.13. The number of hydrogen-bond donors (Lipinski definition) is 1. The summed E-state index contributed by atoms with van der Waals surface area (Å²) >= 11 is 3.49. The van der Waals surface area contributed by atoms with Gasteiger partial charge >= 0.3 is 0 Å². The molecule has 1 unspecified atom stereocenters. The molecule has 0 saturated heterocycles. The highest BCUT2D eigenvalue weighted by Gasteiger charge is 2.26. The van der Waals surface area contributed by atoms with Crippen LogP contribution in [0.2, 0.25) is 0 Å². The minimum Gasteiger partial charge on any atom is -0.354 e. The molecule has 0 aliphatic rings. The Hall–Kier alpha value is -2.14. The van der Waals surface area contributed by atoms with Crippen molar-refractivity contribution in [2.75, 3.05) is 6.54 Å². The normalized spacial score (nSPS) is 11.9. The van der Waals surface area contributed by atoms with Gasteiger partial charge in [0.1, 0.15) is 6.04 Å². The van der Waals surface area contributed by atoms with Crippen molar-refractivity contribution in [2.45, 2.75) is 59.5 Å². The first kappa shape index (κ1) is 24.1. The summed E-state index contributed by atoms with van der Waals surface area (Å²) in [6.07, 6.45) is 2.04. The van der Waals surface area contributed by atoms with E-state index in [0.29, 0.717) is 31.8 Å². The molecule has 2 aromatic rings. The molecule has 0 bridgehead atoms. The molecule has 0 heterocycles. The first-order chi connectivity index (χ1) is 14.3. The molecular weight excluding hydrogens is 440 g/mol. The fourth-order valence-corrected chi connectivity index (χ4v) is 3.65. The molecule has 0 aliphatic carbocycles. The molecule has 0 spiro atoms. The summed E-state index contributed by atoms with van der Waals surface area (Å²) in [7, 11) is 0. The first-order valence-electron chi connectivity index (χ1n) is 10.7. The topological polar surface area (TPSA) is 49.4 Å². The van der Waals surface area contributed by atoms with E-state index >= 15 is 0 Å². The van der Waals surface area contributed by atoms with Gasteiger partial charge in [0, 0.05) is 24.0 Å². The van der Waals surface area contributed by atoms with E-state index in [9.17, 15) is 9.59 Å². The zero-order valence-electron chi connectivity index (χ0n) is 18.5. The smallest absolute Gasteiger partial charge is 0.242 e. The highest BCUT2D eigenvalue weighted by molar-refractivity contribution is 9.10. The maximum absolute atomic E-state index is 13.1. The summed E-state index contributed by atoms with van der Waals surface area (Å²) in [5, 5.41) is 2.96. The van der Waals surface area contributed by atoms with Crippen LogP contribution in [-0.2, 0) is 29.0 Å². The zero-order chi connectivity index (χ0) is 22.1. The Balaban J connectivity index is 2.11. The Kier molecular flexibility index (Phi) is 9.57. The molecule has 0 fully saturated rings. The van der Waals surface area contributed by atoms with E-state index in [1.807, 2.05) is 31.2 Å². The van der Waals surface area contributed by atoms with E-state index in [1.54, 1.807) is 4.90 Å². The fraction of sp³-hybridized carbons (Fsp3) is 0.440. The van der Waals surface area contributed by atoms with Crippen molar-refractivity contribution in [3.63, 3.8) is 0 Å². The minimum atomic E-state index is -0.530. The number of carbonyl (C=O) groups is 2. The molecule has 30 heavy (non-hydrogen) atoms. The van der Waals surface area contributed by atoms with Crippen LogP contribution < -0.4 is 5.32 Å². The number of hydrogen-bond acceptors (Lipinski definition) is 2. The molecule has 0 radical (unpaired) electrons. The molecule has 2 amide bonds. The van der Waals surface area contributed by atoms with Gasteiger partial charge in [0.2, 0.25) is 11.8 Å². The Morgan fingerprint density at radius 1 is 1.00 bits per heavy atom. The number of nitrogens with zero attached hydrogens (tertiary/aromatic N) is 1. The van der Waals surface area contributed by atoms with E-state index in [1.165, 1.54) is 5.56 Å². The Bertz CT molecular complexity index is 833. The number of nitrogens with one attached hydrogen (secondary N) is 1. The van der Waals surface area contributed by atoms with Crippen molar-refractivity contribution in [1.82, 2.24) is 10.2 Å². The molecule has 2 rings (SSSR count). The highest BCUT2D eigenvalue weighted by atomic mass is 79.9. The number of carbonyl (C=O) groups excluding carboxylic acids is 2. The number of aryl methyl sites for hydroxylation is 2. The van der Waals surface area contributed by atoms with Gasteiger partial charge in [-0.05, 0) is 54.5 Å². The Morgan fingerprint density at radius 3 is 2.27 bits per heavy atom. The van der Waals surface area contributed by atoms with Crippen molar-refractivity contribution < 1.29 is 9.59 Å². The van der Waals surface area contributed by atoms with Gasteiger partial charge in [-0.3, -0.25) is 9.59 Å². The van der Waals surface area contributed by atoms with Gasteiger partial charge < -0.3 is 10.2 Å². The predicted molar refractivity (Wildman–Crippen MR) is 126 cm³/mol. The molecule has 162 valence electrons. The van der Waals surface area contributed by atoms with E-state index in [-0.39, 0.29) is 11.8 Å². The van der Waals surface area contributed by atoms with E-state index in [2.05, 4.69) is 66.3 Å². The summed E-state index contributed by atoms with van der Waals surface area (Å²) < 4.78 is 0.959. The lowest BCUT2D eigenvalue weighted by molar-refractivity contribution is -0.140. The lowest BCUT2D eigenvalue weighted by Gasteiger charge is -2.29. The third-order valence-corrected chi connectivity index (χ3v) is 5.65. The van der Waals surface area contributed by atoms with E-state index < -0.39 is 6.04 Å². The van der Waals surface area contributed by atoms with Crippen LogP contribution in [0.15, 0.2) is 53.0 Å². The number of amides is 2. The number of rotatable bonds is 10. The highest BCUT2D eigenvalue weighted by Crippen LogP contribution is 2.17. The third-order valence-electron chi connectivity index (χ3n) is 5.15. The van der Waals surface area contributed by atoms with Gasteiger partial charge in [0.05, 0.1) is 0 Å². The second-order valence-electron chi connectivity index (χ2n) is 8.14. The summed E-state index contributed by atoms with van der Waals surface area (Å²) in [4.78, 5) is 27.5. The van der Waals surface area contributed by atoms with Gasteiger partial charge in [-0.25, -0.2) is 0 Å².